The first-order valence-electron chi connectivity index (χ1n) is 12.9. The third kappa shape index (κ3) is 7.24. The van der Waals surface area contributed by atoms with Crippen LogP contribution in [0.4, 0.5) is 8.78 Å². The molecule has 186 valence electrons. The van der Waals surface area contributed by atoms with Crippen molar-refractivity contribution in [2.45, 2.75) is 71.6 Å². The molecule has 0 saturated heterocycles. The Balaban J connectivity index is 1.93. The first-order valence-corrected chi connectivity index (χ1v) is 12.9. The summed E-state index contributed by atoms with van der Waals surface area (Å²) in [6.07, 6.45) is 9.03. The second-order valence-corrected chi connectivity index (χ2v) is 9.04. The highest BCUT2D eigenvalue weighted by molar-refractivity contribution is 5.95. The molecule has 0 radical (unpaired) electrons. The Hall–Kier alpha value is -3.01. The number of benzene rings is 3. The van der Waals surface area contributed by atoms with Gasteiger partial charge in [-0.2, -0.15) is 0 Å². The van der Waals surface area contributed by atoms with Crippen LogP contribution in [0.2, 0.25) is 0 Å². The van der Waals surface area contributed by atoms with Gasteiger partial charge in [0.2, 0.25) is 0 Å². The highest BCUT2D eigenvalue weighted by Crippen LogP contribution is 2.37. The lowest BCUT2D eigenvalue weighted by atomic mass is 9.91. The molecule has 0 spiro atoms. The lowest BCUT2D eigenvalue weighted by molar-refractivity contribution is 0.0492. The minimum Gasteiger partial charge on any atom is -0.462 e. The van der Waals surface area contributed by atoms with Gasteiger partial charge in [-0.3, -0.25) is 0 Å². The second kappa shape index (κ2) is 13.8. The van der Waals surface area contributed by atoms with Gasteiger partial charge in [-0.05, 0) is 48.1 Å². The van der Waals surface area contributed by atoms with Crippen LogP contribution >= 0.6 is 0 Å². The Morgan fingerprint density at radius 3 is 2.17 bits per heavy atom. The van der Waals surface area contributed by atoms with Gasteiger partial charge in [0.1, 0.15) is 11.6 Å². The molecule has 0 saturated carbocycles. The van der Waals surface area contributed by atoms with Crippen molar-refractivity contribution in [1.82, 2.24) is 0 Å². The largest absolute Gasteiger partial charge is 0.462 e. The topological polar surface area (TPSA) is 26.3 Å². The molecule has 0 N–H and O–H groups in total. The molecule has 4 heteroatoms. The summed E-state index contributed by atoms with van der Waals surface area (Å²) in [5, 5.41) is 0. The van der Waals surface area contributed by atoms with Crippen LogP contribution in [0.3, 0.4) is 0 Å². The second-order valence-electron chi connectivity index (χ2n) is 9.04. The zero-order valence-electron chi connectivity index (χ0n) is 20.9. The van der Waals surface area contributed by atoms with E-state index in [-0.39, 0.29) is 23.3 Å². The molecule has 0 heterocycles. The number of halogens is 2. The standard InChI is InChI=1S/C31H36F2O2/c1-3-5-7-8-13-21-35-31(34)27-20-19-25(24-15-11-9-12-16-24)29(30(27)33)26-18-17-23(22-28(26)32)14-10-6-4-2/h9,11-12,15-20,22H,3-8,10,13-14,21H2,1-2H3. The molecule has 0 aliphatic carbocycles. The van der Waals surface area contributed by atoms with Crippen molar-refractivity contribution >= 4 is 5.97 Å². The monoisotopic (exact) mass is 478 g/mol. The van der Waals surface area contributed by atoms with Gasteiger partial charge in [-0.15, -0.1) is 0 Å². The van der Waals surface area contributed by atoms with Crippen LogP contribution in [-0.4, -0.2) is 12.6 Å². The highest BCUT2D eigenvalue weighted by Gasteiger charge is 2.23. The fourth-order valence-electron chi connectivity index (χ4n) is 4.30. The van der Waals surface area contributed by atoms with Crippen molar-refractivity contribution in [2.75, 3.05) is 6.61 Å². The van der Waals surface area contributed by atoms with Gasteiger partial charge in [0.25, 0.3) is 0 Å². The number of ether oxygens (including phenoxy) is 1. The number of carbonyl (C=O) groups is 1. The predicted octanol–water partition coefficient (Wildman–Crippen LogP) is 9.16. The third-order valence-electron chi connectivity index (χ3n) is 6.30. The SMILES string of the molecule is CCCCCCCOC(=O)c1ccc(-c2ccccc2)c(-c2ccc(CCCCC)cc2F)c1F. The summed E-state index contributed by atoms with van der Waals surface area (Å²) in [7, 11) is 0. The van der Waals surface area contributed by atoms with Crippen molar-refractivity contribution in [1.29, 1.82) is 0 Å². The van der Waals surface area contributed by atoms with E-state index in [1.807, 2.05) is 36.4 Å². The van der Waals surface area contributed by atoms with Crippen LogP contribution in [0.1, 0.15) is 81.1 Å². The quantitative estimate of drug-likeness (QED) is 0.181. The van der Waals surface area contributed by atoms with Gasteiger partial charge in [-0.1, -0.05) is 101 Å². The van der Waals surface area contributed by atoms with E-state index in [1.165, 1.54) is 12.1 Å². The van der Waals surface area contributed by atoms with Gasteiger partial charge in [0.15, 0.2) is 0 Å². The van der Waals surface area contributed by atoms with Crippen molar-refractivity contribution in [3.05, 3.63) is 83.4 Å². The Kier molecular flexibility index (Phi) is 10.5. The zero-order valence-corrected chi connectivity index (χ0v) is 20.9. The van der Waals surface area contributed by atoms with Crippen molar-refractivity contribution in [3.63, 3.8) is 0 Å². The maximum atomic E-state index is 15.9. The lowest BCUT2D eigenvalue weighted by Gasteiger charge is -2.16. The van der Waals surface area contributed by atoms with Gasteiger partial charge in [0, 0.05) is 11.1 Å². The fraction of sp³-hybridized carbons (Fsp3) is 0.387. The highest BCUT2D eigenvalue weighted by atomic mass is 19.1. The molecule has 0 fully saturated rings. The summed E-state index contributed by atoms with van der Waals surface area (Å²) < 4.78 is 36.6. The van der Waals surface area contributed by atoms with Crippen LogP contribution in [0.25, 0.3) is 22.3 Å². The molecule has 0 amide bonds. The van der Waals surface area contributed by atoms with Crippen molar-refractivity contribution in [3.8, 4) is 22.3 Å². The molecule has 0 unspecified atom stereocenters. The van der Waals surface area contributed by atoms with Crippen LogP contribution in [0.5, 0.6) is 0 Å². The normalized spacial score (nSPS) is 11.0. The number of hydrogen-bond acceptors (Lipinski definition) is 2. The molecule has 3 aromatic carbocycles. The Morgan fingerprint density at radius 1 is 0.771 bits per heavy atom. The predicted molar refractivity (Wildman–Crippen MR) is 140 cm³/mol. The molecule has 0 bridgehead atoms. The summed E-state index contributed by atoms with van der Waals surface area (Å²) in [4.78, 5) is 12.7. The van der Waals surface area contributed by atoms with E-state index in [2.05, 4.69) is 13.8 Å². The molecular formula is C31H36F2O2. The molecule has 3 aromatic rings. The Morgan fingerprint density at radius 2 is 1.46 bits per heavy atom. The molecule has 2 nitrogen and oxygen atoms in total. The number of rotatable bonds is 13. The summed E-state index contributed by atoms with van der Waals surface area (Å²) >= 11 is 0. The van der Waals surface area contributed by atoms with Crippen LogP contribution in [-0.2, 0) is 11.2 Å². The van der Waals surface area contributed by atoms with E-state index in [0.717, 1.165) is 68.9 Å². The number of hydrogen-bond donors (Lipinski definition) is 0. The summed E-state index contributed by atoms with van der Waals surface area (Å²) in [5.41, 5.74) is 2.25. The lowest BCUT2D eigenvalue weighted by Crippen LogP contribution is -2.10. The average Bonchev–Trinajstić information content (AvgIpc) is 2.87. The minimum atomic E-state index is -0.750. The van der Waals surface area contributed by atoms with E-state index in [0.29, 0.717) is 5.56 Å². The molecule has 35 heavy (non-hydrogen) atoms. The summed E-state index contributed by atoms with van der Waals surface area (Å²) in [6, 6.07) is 17.4. The summed E-state index contributed by atoms with van der Waals surface area (Å²) in [6.45, 7) is 4.52. The van der Waals surface area contributed by atoms with Crippen molar-refractivity contribution in [2.24, 2.45) is 0 Å². The van der Waals surface area contributed by atoms with Crippen molar-refractivity contribution < 1.29 is 18.3 Å². The molecule has 3 rings (SSSR count). The molecule has 0 aliphatic rings. The van der Waals surface area contributed by atoms with Gasteiger partial charge >= 0.3 is 5.97 Å². The van der Waals surface area contributed by atoms with Crippen LogP contribution in [0.15, 0.2) is 60.7 Å². The zero-order chi connectivity index (χ0) is 25.0. The number of esters is 1. The molecule has 0 aromatic heterocycles. The van der Waals surface area contributed by atoms with Gasteiger partial charge in [0.05, 0.1) is 12.2 Å². The van der Waals surface area contributed by atoms with E-state index < -0.39 is 17.6 Å². The molecular weight excluding hydrogens is 442 g/mol. The van der Waals surface area contributed by atoms with Crippen LogP contribution in [0, 0.1) is 11.6 Å². The third-order valence-corrected chi connectivity index (χ3v) is 6.30. The minimum absolute atomic E-state index is 0.0891. The number of carbonyl (C=O) groups excluding carboxylic acids is 1. The first kappa shape index (κ1) is 26.6. The van der Waals surface area contributed by atoms with Crippen LogP contribution < -0.4 is 0 Å². The Labute approximate surface area is 208 Å². The van der Waals surface area contributed by atoms with E-state index in [1.54, 1.807) is 12.1 Å². The smallest absolute Gasteiger partial charge is 0.341 e. The first-order chi connectivity index (χ1) is 17.1. The maximum Gasteiger partial charge on any atom is 0.341 e. The van der Waals surface area contributed by atoms with Gasteiger partial charge < -0.3 is 4.74 Å². The molecule has 0 aliphatic heterocycles. The van der Waals surface area contributed by atoms with Gasteiger partial charge in [-0.25, -0.2) is 13.6 Å². The van der Waals surface area contributed by atoms with E-state index in [9.17, 15) is 4.79 Å². The maximum absolute atomic E-state index is 15.9. The number of aryl methyl sites for hydroxylation is 1. The average molecular weight is 479 g/mol. The summed E-state index contributed by atoms with van der Waals surface area (Å²) in [5.74, 6) is -1.95. The number of unbranched alkanes of at least 4 members (excludes halogenated alkanes) is 6. The van der Waals surface area contributed by atoms with E-state index in [4.69, 9.17) is 4.74 Å². The molecule has 0 atom stereocenters. The van der Waals surface area contributed by atoms with E-state index >= 15 is 8.78 Å². The Bertz CT molecular complexity index is 1090. The fourth-order valence-corrected chi connectivity index (χ4v) is 4.30.